The zero-order chi connectivity index (χ0) is 14.1. The van der Waals surface area contributed by atoms with Gasteiger partial charge < -0.3 is 4.90 Å². The first-order chi connectivity index (χ1) is 9.24. The summed E-state index contributed by atoms with van der Waals surface area (Å²) >= 11 is 1.92. The summed E-state index contributed by atoms with van der Waals surface area (Å²) in [5.41, 5.74) is 0. The fourth-order valence-electron chi connectivity index (χ4n) is 2.70. The van der Waals surface area contributed by atoms with Gasteiger partial charge in [-0.3, -0.25) is 10.1 Å². The summed E-state index contributed by atoms with van der Waals surface area (Å²) in [6.45, 7) is 5.21. The molecule has 2 atom stereocenters. The first-order valence-corrected chi connectivity index (χ1v) is 9.19. The van der Waals surface area contributed by atoms with Crippen molar-refractivity contribution in [3.05, 3.63) is 0 Å². The van der Waals surface area contributed by atoms with Crippen molar-refractivity contribution in [3.8, 4) is 0 Å². The average molecular weight is 286 g/mol. The van der Waals surface area contributed by atoms with Gasteiger partial charge in [0.1, 0.15) is 0 Å². The minimum atomic E-state index is 0.0630. The molecule has 0 radical (unpaired) electrons. The smallest absolute Gasteiger partial charge is 0.241 e. The number of carbonyl (C=O) groups is 1. The standard InChI is InChI=1S/C15H30N2OS/c1-4-10-14-16-13(5-2)15(18)17(14)11-8-6-7-9-12-19-3/h13-14,16H,4-12H2,1-3H3. The highest BCUT2D eigenvalue weighted by Gasteiger charge is 2.36. The van der Waals surface area contributed by atoms with E-state index < -0.39 is 0 Å². The lowest BCUT2D eigenvalue weighted by Gasteiger charge is -2.23. The number of unbranched alkanes of at least 4 members (excludes halogenated alkanes) is 3. The quantitative estimate of drug-likeness (QED) is 0.626. The third-order valence-corrected chi connectivity index (χ3v) is 4.52. The Bertz CT molecular complexity index is 261. The highest BCUT2D eigenvalue weighted by Crippen LogP contribution is 2.18. The van der Waals surface area contributed by atoms with E-state index in [0.717, 1.165) is 32.2 Å². The zero-order valence-electron chi connectivity index (χ0n) is 12.8. The van der Waals surface area contributed by atoms with Crippen molar-refractivity contribution in [2.24, 2.45) is 0 Å². The molecule has 3 nitrogen and oxygen atoms in total. The normalized spacial score (nSPS) is 23.3. The van der Waals surface area contributed by atoms with Crippen molar-refractivity contribution in [2.75, 3.05) is 18.6 Å². The lowest BCUT2D eigenvalue weighted by atomic mass is 10.2. The van der Waals surface area contributed by atoms with Gasteiger partial charge in [-0.25, -0.2) is 0 Å². The molecule has 0 aliphatic carbocycles. The van der Waals surface area contributed by atoms with Gasteiger partial charge in [-0.15, -0.1) is 0 Å². The second kappa shape index (κ2) is 9.65. The molecule has 1 saturated heterocycles. The molecule has 1 rings (SSSR count). The number of thioether (sulfide) groups is 1. The van der Waals surface area contributed by atoms with Crippen molar-refractivity contribution in [2.45, 2.75) is 71.0 Å². The van der Waals surface area contributed by atoms with Gasteiger partial charge in [-0.1, -0.05) is 33.1 Å². The molecule has 1 amide bonds. The highest BCUT2D eigenvalue weighted by atomic mass is 32.2. The van der Waals surface area contributed by atoms with Crippen molar-refractivity contribution in [1.29, 1.82) is 0 Å². The van der Waals surface area contributed by atoms with Gasteiger partial charge in [-0.2, -0.15) is 11.8 Å². The predicted molar refractivity (Wildman–Crippen MR) is 84.5 cm³/mol. The van der Waals surface area contributed by atoms with E-state index in [1.165, 1.54) is 25.0 Å². The summed E-state index contributed by atoms with van der Waals surface area (Å²) in [5, 5.41) is 3.48. The van der Waals surface area contributed by atoms with Crippen molar-refractivity contribution < 1.29 is 4.79 Å². The first-order valence-electron chi connectivity index (χ1n) is 7.80. The number of nitrogens with zero attached hydrogens (tertiary/aromatic N) is 1. The van der Waals surface area contributed by atoms with E-state index in [1.807, 2.05) is 11.8 Å². The second-order valence-electron chi connectivity index (χ2n) is 5.37. The summed E-state index contributed by atoms with van der Waals surface area (Å²) in [4.78, 5) is 14.3. The molecular formula is C15H30N2OS. The summed E-state index contributed by atoms with van der Waals surface area (Å²) in [7, 11) is 0. The van der Waals surface area contributed by atoms with Crippen LogP contribution in [0.15, 0.2) is 0 Å². The Balaban J connectivity index is 2.30. The van der Waals surface area contributed by atoms with Crippen molar-refractivity contribution in [1.82, 2.24) is 10.2 Å². The Labute approximate surface area is 122 Å². The van der Waals surface area contributed by atoms with Crippen LogP contribution in [0, 0.1) is 0 Å². The Morgan fingerprint density at radius 2 is 1.95 bits per heavy atom. The Morgan fingerprint density at radius 1 is 1.21 bits per heavy atom. The maximum atomic E-state index is 12.2. The molecule has 0 aromatic rings. The number of amides is 1. The summed E-state index contributed by atoms with van der Waals surface area (Å²) < 4.78 is 0. The van der Waals surface area contributed by atoms with Crippen molar-refractivity contribution in [3.63, 3.8) is 0 Å². The number of hydrogen-bond acceptors (Lipinski definition) is 3. The molecule has 1 fully saturated rings. The lowest BCUT2D eigenvalue weighted by molar-refractivity contribution is -0.130. The van der Waals surface area contributed by atoms with E-state index in [0.29, 0.717) is 5.91 Å². The van der Waals surface area contributed by atoms with Crippen LogP contribution in [-0.2, 0) is 4.79 Å². The van der Waals surface area contributed by atoms with Crippen LogP contribution in [0.5, 0.6) is 0 Å². The van der Waals surface area contributed by atoms with Gasteiger partial charge in [0.15, 0.2) is 0 Å². The monoisotopic (exact) mass is 286 g/mol. The first kappa shape index (κ1) is 16.8. The van der Waals surface area contributed by atoms with E-state index in [-0.39, 0.29) is 12.2 Å². The molecule has 19 heavy (non-hydrogen) atoms. The average Bonchev–Trinajstić information content (AvgIpc) is 2.71. The van der Waals surface area contributed by atoms with Crippen LogP contribution in [0.25, 0.3) is 0 Å². The van der Waals surface area contributed by atoms with Crippen molar-refractivity contribution >= 4 is 17.7 Å². The predicted octanol–water partition coefficient (Wildman–Crippen LogP) is 3.25. The van der Waals surface area contributed by atoms with E-state index in [4.69, 9.17) is 0 Å². The minimum Gasteiger partial charge on any atom is -0.326 e. The zero-order valence-corrected chi connectivity index (χ0v) is 13.6. The van der Waals surface area contributed by atoms with Gasteiger partial charge in [0.25, 0.3) is 0 Å². The Kier molecular flexibility index (Phi) is 8.55. The van der Waals surface area contributed by atoms with Crippen LogP contribution >= 0.6 is 11.8 Å². The van der Waals surface area contributed by atoms with Gasteiger partial charge >= 0.3 is 0 Å². The molecule has 2 unspecified atom stereocenters. The van der Waals surface area contributed by atoms with Gasteiger partial charge in [0.2, 0.25) is 5.91 Å². The third kappa shape index (κ3) is 5.35. The molecule has 112 valence electrons. The molecule has 1 heterocycles. The fraction of sp³-hybridized carbons (Fsp3) is 0.933. The van der Waals surface area contributed by atoms with Crippen LogP contribution in [0.1, 0.15) is 58.8 Å². The molecule has 0 aromatic heterocycles. The molecule has 0 aromatic carbocycles. The van der Waals surface area contributed by atoms with Crippen LogP contribution in [-0.4, -0.2) is 41.6 Å². The van der Waals surface area contributed by atoms with Crippen LogP contribution in [0.3, 0.4) is 0 Å². The maximum absolute atomic E-state index is 12.2. The number of rotatable bonds is 10. The Morgan fingerprint density at radius 3 is 2.58 bits per heavy atom. The fourth-order valence-corrected chi connectivity index (χ4v) is 3.19. The lowest BCUT2D eigenvalue weighted by Crippen LogP contribution is -2.37. The van der Waals surface area contributed by atoms with E-state index in [2.05, 4.69) is 30.3 Å². The number of carbonyl (C=O) groups excluding carboxylic acids is 1. The molecule has 0 saturated carbocycles. The largest absolute Gasteiger partial charge is 0.326 e. The summed E-state index contributed by atoms with van der Waals surface area (Å²) in [5.74, 6) is 1.59. The second-order valence-corrected chi connectivity index (χ2v) is 6.36. The van der Waals surface area contributed by atoms with Gasteiger partial charge in [-0.05, 0) is 37.7 Å². The Hall–Kier alpha value is -0.220. The van der Waals surface area contributed by atoms with Crippen LogP contribution in [0.4, 0.5) is 0 Å². The molecule has 1 N–H and O–H groups in total. The van der Waals surface area contributed by atoms with E-state index in [9.17, 15) is 4.79 Å². The summed E-state index contributed by atoms with van der Waals surface area (Å²) in [6, 6.07) is 0.0630. The van der Waals surface area contributed by atoms with E-state index >= 15 is 0 Å². The molecule has 4 heteroatoms. The van der Waals surface area contributed by atoms with Crippen LogP contribution < -0.4 is 5.32 Å². The highest BCUT2D eigenvalue weighted by molar-refractivity contribution is 7.98. The molecule has 0 bridgehead atoms. The number of nitrogens with one attached hydrogen (secondary N) is 1. The third-order valence-electron chi connectivity index (χ3n) is 3.82. The SMILES string of the molecule is CCCC1NC(CC)C(=O)N1CCCCCCSC. The minimum absolute atomic E-state index is 0.0630. The van der Waals surface area contributed by atoms with Gasteiger partial charge in [0.05, 0.1) is 12.2 Å². The maximum Gasteiger partial charge on any atom is 0.241 e. The van der Waals surface area contributed by atoms with Crippen LogP contribution in [0.2, 0.25) is 0 Å². The number of hydrogen-bond donors (Lipinski definition) is 1. The molecule has 0 spiro atoms. The molecular weight excluding hydrogens is 256 g/mol. The summed E-state index contributed by atoms with van der Waals surface area (Å²) in [6.07, 6.45) is 10.6. The molecule has 1 aliphatic rings. The molecule has 1 aliphatic heterocycles. The topological polar surface area (TPSA) is 32.3 Å². The van der Waals surface area contributed by atoms with E-state index in [1.54, 1.807) is 0 Å². The van der Waals surface area contributed by atoms with Gasteiger partial charge in [0, 0.05) is 6.54 Å².